The van der Waals surface area contributed by atoms with Crippen molar-refractivity contribution in [3.05, 3.63) is 22.4 Å². The highest BCUT2D eigenvalue weighted by Crippen LogP contribution is 2.25. The van der Waals surface area contributed by atoms with Crippen LogP contribution in [0.4, 0.5) is 0 Å². The summed E-state index contributed by atoms with van der Waals surface area (Å²) in [6.07, 6.45) is 0.0247. The predicted octanol–water partition coefficient (Wildman–Crippen LogP) is 0.884. The third-order valence-electron chi connectivity index (χ3n) is 3.04. The number of amides is 1. The van der Waals surface area contributed by atoms with Crippen LogP contribution in [0, 0.1) is 0 Å². The summed E-state index contributed by atoms with van der Waals surface area (Å²) in [6.45, 7) is 3.60. The van der Waals surface area contributed by atoms with Gasteiger partial charge in [-0.05, 0) is 11.4 Å². The molecular formula is C13H20N2O3S. The van der Waals surface area contributed by atoms with Gasteiger partial charge in [0, 0.05) is 25.1 Å². The molecule has 2 heterocycles. The Balaban J connectivity index is 1.78. The second-order valence-electron chi connectivity index (χ2n) is 4.38. The number of carbonyl (C=O) groups excluding carboxylic acids is 1. The van der Waals surface area contributed by atoms with E-state index in [9.17, 15) is 4.79 Å². The van der Waals surface area contributed by atoms with Crippen molar-refractivity contribution in [2.75, 3.05) is 46.5 Å². The van der Waals surface area contributed by atoms with Crippen LogP contribution in [0.2, 0.25) is 0 Å². The Bertz CT molecular complexity index is 383. The molecule has 19 heavy (non-hydrogen) atoms. The normalized spacial score (nSPS) is 19.6. The van der Waals surface area contributed by atoms with Gasteiger partial charge in [-0.3, -0.25) is 4.79 Å². The molecule has 0 aliphatic carbocycles. The highest BCUT2D eigenvalue weighted by atomic mass is 32.1. The summed E-state index contributed by atoms with van der Waals surface area (Å²) in [5, 5.41) is 5.11. The van der Waals surface area contributed by atoms with Crippen LogP contribution in [-0.4, -0.2) is 57.3 Å². The van der Waals surface area contributed by atoms with Crippen LogP contribution in [0.25, 0.3) is 0 Å². The first-order chi connectivity index (χ1) is 9.31. The lowest BCUT2D eigenvalue weighted by atomic mass is 10.2. The van der Waals surface area contributed by atoms with E-state index in [1.54, 1.807) is 18.4 Å². The minimum absolute atomic E-state index is 0.0247. The molecule has 1 saturated heterocycles. The number of hydrogen-bond acceptors (Lipinski definition) is 5. The van der Waals surface area contributed by atoms with Gasteiger partial charge in [0.2, 0.25) is 5.91 Å². The molecule has 1 aromatic heterocycles. The summed E-state index contributed by atoms with van der Waals surface area (Å²) in [4.78, 5) is 15.1. The molecule has 1 amide bonds. The van der Waals surface area contributed by atoms with Crippen molar-refractivity contribution in [1.82, 2.24) is 10.2 Å². The van der Waals surface area contributed by atoms with Crippen LogP contribution in [0.1, 0.15) is 11.0 Å². The molecule has 1 unspecified atom stereocenters. The minimum atomic E-state index is 0.0247. The predicted molar refractivity (Wildman–Crippen MR) is 74.3 cm³/mol. The van der Waals surface area contributed by atoms with E-state index in [0.29, 0.717) is 39.4 Å². The fourth-order valence-corrected chi connectivity index (χ4v) is 2.77. The lowest BCUT2D eigenvalue weighted by molar-refractivity contribution is -0.137. The lowest BCUT2D eigenvalue weighted by Crippen LogP contribution is -2.46. The van der Waals surface area contributed by atoms with Crippen LogP contribution in [0.3, 0.4) is 0 Å². The van der Waals surface area contributed by atoms with Crippen molar-refractivity contribution in [3.63, 3.8) is 0 Å². The molecule has 106 valence electrons. The van der Waals surface area contributed by atoms with Gasteiger partial charge in [-0.25, -0.2) is 0 Å². The van der Waals surface area contributed by atoms with E-state index >= 15 is 0 Å². The maximum Gasteiger partial charge on any atom is 0.236 e. The molecule has 1 N–H and O–H groups in total. The van der Waals surface area contributed by atoms with Crippen molar-refractivity contribution in [2.45, 2.75) is 6.10 Å². The second-order valence-corrected chi connectivity index (χ2v) is 5.36. The van der Waals surface area contributed by atoms with Crippen molar-refractivity contribution in [1.29, 1.82) is 0 Å². The number of methoxy groups -OCH3 is 1. The quantitative estimate of drug-likeness (QED) is 0.788. The molecule has 0 radical (unpaired) electrons. The average molecular weight is 284 g/mol. The van der Waals surface area contributed by atoms with E-state index in [1.807, 2.05) is 16.3 Å². The molecule has 1 fully saturated rings. The van der Waals surface area contributed by atoms with Crippen LogP contribution < -0.4 is 5.32 Å². The van der Waals surface area contributed by atoms with E-state index in [-0.39, 0.29) is 12.0 Å². The van der Waals surface area contributed by atoms with Gasteiger partial charge in [-0.1, -0.05) is 6.07 Å². The van der Waals surface area contributed by atoms with Gasteiger partial charge in [-0.15, -0.1) is 11.3 Å². The average Bonchev–Trinajstić information content (AvgIpc) is 2.98. The summed E-state index contributed by atoms with van der Waals surface area (Å²) in [7, 11) is 1.65. The number of hydrogen-bond donors (Lipinski definition) is 1. The monoisotopic (exact) mass is 284 g/mol. The lowest BCUT2D eigenvalue weighted by Gasteiger charge is -2.32. The molecule has 1 aromatic rings. The zero-order valence-corrected chi connectivity index (χ0v) is 11.9. The summed E-state index contributed by atoms with van der Waals surface area (Å²) in [5.74, 6) is 0.126. The molecule has 1 aliphatic rings. The van der Waals surface area contributed by atoms with Gasteiger partial charge in [0.1, 0.15) is 6.10 Å². The Morgan fingerprint density at radius 1 is 1.68 bits per heavy atom. The maximum absolute atomic E-state index is 12.0. The number of carbonyl (C=O) groups is 1. The highest BCUT2D eigenvalue weighted by molar-refractivity contribution is 7.10. The first-order valence-corrected chi connectivity index (χ1v) is 7.31. The van der Waals surface area contributed by atoms with Crippen molar-refractivity contribution >= 4 is 17.2 Å². The smallest absolute Gasteiger partial charge is 0.236 e. The van der Waals surface area contributed by atoms with Crippen LogP contribution in [0.15, 0.2) is 17.5 Å². The zero-order chi connectivity index (χ0) is 13.5. The minimum Gasteiger partial charge on any atom is -0.383 e. The topological polar surface area (TPSA) is 50.8 Å². The van der Waals surface area contributed by atoms with E-state index in [1.165, 1.54) is 4.88 Å². The number of ether oxygens (including phenoxy) is 2. The number of morpholine rings is 1. The largest absolute Gasteiger partial charge is 0.383 e. The van der Waals surface area contributed by atoms with E-state index in [2.05, 4.69) is 11.4 Å². The number of nitrogens with one attached hydrogen (secondary N) is 1. The molecule has 1 aliphatic heterocycles. The SMILES string of the molecule is COCCNCC(=O)N1CCOC(c2cccs2)C1. The summed E-state index contributed by atoms with van der Waals surface area (Å²) < 4.78 is 10.7. The van der Waals surface area contributed by atoms with Gasteiger partial charge in [0.15, 0.2) is 0 Å². The Morgan fingerprint density at radius 3 is 3.32 bits per heavy atom. The highest BCUT2D eigenvalue weighted by Gasteiger charge is 2.25. The molecule has 6 heteroatoms. The summed E-state index contributed by atoms with van der Waals surface area (Å²) in [5.41, 5.74) is 0. The van der Waals surface area contributed by atoms with Gasteiger partial charge in [0.25, 0.3) is 0 Å². The van der Waals surface area contributed by atoms with Crippen LogP contribution >= 0.6 is 11.3 Å². The zero-order valence-electron chi connectivity index (χ0n) is 11.1. The standard InChI is InChI=1S/C13H20N2O3S/c1-17-6-4-14-9-13(16)15-5-7-18-11(10-15)12-3-2-8-19-12/h2-3,8,11,14H,4-7,9-10H2,1H3. The Hall–Kier alpha value is -0.950. The first kappa shape index (κ1) is 14.5. The summed E-state index contributed by atoms with van der Waals surface area (Å²) in [6, 6.07) is 4.07. The second kappa shape index (κ2) is 7.59. The third kappa shape index (κ3) is 4.28. The first-order valence-electron chi connectivity index (χ1n) is 6.43. The number of rotatable bonds is 6. The Labute approximate surface area is 117 Å². The maximum atomic E-state index is 12.0. The van der Waals surface area contributed by atoms with Crippen LogP contribution in [0.5, 0.6) is 0 Å². The molecule has 0 spiro atoms. The van der Waals surface area contributed by atoms with Crippen molar-refractivity contribution in [3.8, 4) is 0 Å². The van der Waals surface area contributed by atoms with Crippen molar-refractivity contribution in [2.24, 2.45) is 0 Å². The number of thiophene rings is 1. The van der Waals surface area contributed by atoms with Crippen LogP contribution in [-0.2, 0) is 14.3 Å². The van der Waals surface area contributed by atoms with Gasteiger partial charge < -0.3 is 19.7 Å². The molecule has 0 saturated carbocycles. The Morgan fingerprint density at radius 2 is 2.58 bits per heavy atom. The Kier molecular flexibility index (Phi) is 5.78. The van der Waals surface area contributed by atoms with Crippen molar-refractivity contribution < 1.29 is 14.3 Å². The van der Waals surface area contributed by atoms with E-state index < -0.39 is 0 Å². The fraction of sp³-hybridized carbons (Fsp3) is 0.615. The molecule has 1 atom stereocenters. The molecular weight excluding hydrogens is 264 g/mol. The molecule has 2 rings (SSSR count). The van der Waals surface area contributed by atoms with Gasteiger partial charge in [0.05, 0.1) is 26.3 Å². The van der Waals surface area contributed by atoms with E-state index in [4.69, 9.17) is 9.47 Å². The van der Waals surface area contributed by atoms with Gasteiger partial charge >= 0.3 is 0 Å². The molecule has 0 bridgehead atoms. The fourth-order valence-electron chi connectivity index (χ4n) is 2.00. The molecule has 0 aromatic carbocycles. The summed E-state index contributed by atoms with van der Waals surface area (Å²) >= 11 is 1.67. The van der Waals surface area contributed by atoms with Gasteiger partial charge in [-0.2, -0.15) is 0 Å². The third-order valence-corrected chi connectivity index (χ3v) is 4.00. The van der Waals surface area contributed by atoms with E-state index in [0.717, 1.165) is 0 Å². The molecule has 5 nitrogen and oxygen atoms in total. The number of nitrogens with zero attached hydrogens (tertiary/aromatic N) is 1.